The second kappa shape index (κ2) is 4.72. The summed E-state index contributed by atoms with van der Waals surface area (Å²) >= 11 is 0. The van der Waals surface area contributed by atoms with Crippen molar-refractivity contribution in [3.05, 3.63) is 23.8 Å². The van der Waals surface area contributed by atoms with Gasteiger partial charge in [-0.2, -0.15) is 0 Å². The Morgan fingerprint density at radius 1 is 1.38 bits per heavy atom. The summed E-state index contributed by atoms with van der Waals surface area (Å²) in [6.07, 6.45) is 0. The first-order valence-electron chi connectivity index (χ1n) is 5.52. The molecule has 0 aliphatic carbocycles. The number of rotatable bonds is 4. The zero-order valence-corrected chi connectivity index (χ0v) is 9.77. The normalized spacial score (nSPS) is 15.5. The van der Waals surface area contributed by atoms with Crippen LogP contribution in [0.3, 0.4) is 0 Å². The van der Waals surface area contributed by atoms with Crippen LogP contribution in [0, 0.1) is 0 Å². The van der Waals surface area contributed by atoms with E-state index in [0.717, 1.165) is 18.0 Å². The van der Waals surface area contributed by atoms with Crippen molar-refractivity contribution >= 4 is 0 Å². The molecule has 1 aromatic rings. The Labute approximate surface area is 95.9 Å². The van der Waals surface area contributed by atoms with E-state index in [-0.39, 0.29) is 0 Å². The number of ether oxygens (including phenoxy) is 2. The Morgan fingerprint density at radius 3 is 2.88 bits per heavy atom. The van der Waals surface area contributed by atoms with Crippen molar-refractivity contribution in [2.75, 3.05) is 26.9 Å². The lowest BCUT2D eigenvalue weighted by molar-refractivity contribution is 0.174. The number of fused-ring (bicyclic) bond motifs is 1. The average molecular weight is 222 g/mol. The second-order valence-corrected chi connectivity index (χ2v) is 4.06. The lowest BCUT2D eigenvalue weighted by Crippen LogP contribution is -2.28. The Balaban J connectivity index is 2.14. The lowest BCUT2D eigenvalue weighted by Gasteiger charge is -2.24. The molecule has 2 rings (SSSR count). The van der Waals surface area contributed by atoms with E-state index in [1.54, 1.807) is 0 Å². The van der Waals surface area contributed by atoms with Crippen LogP contribution in [0.2, 0.25) is 0 Å². The first-order valence-corrected chi connectivity index (χ1v) is 5.52. The van der Waals surface area contributed by atoms with Crippen LogP contribution in [0.5, 0.6) is 11.5 Å². The van der Waals surface area contributed by atoms with Crippen molar-refractivity contribution < 1.29 is 9.47 Å². The minimum Gasteiger partial charge on any atom is -0.454 e. The van der Waals surface area contributed by atoms with Crippen molar-refractivity contribution in [2.24, 2.45) is 5.73 Å². The Hall–Kier alpha value is -1.26. The smallest absolute Gasteiger partial charge is 0.231 e. The molecular weight excluding hydrogens is 204 g/mol. The third-order valence-corrected chi connectivity index (χ3v) is 3.02. The van der Waals surface area contributed by atoms with E-state index in [4.69, 9.17) is 15.2 Å². The maximum Gasteiger partial charge on any atom is 0.231 e. The highest BCUT2D eigenvalue weighted by molar-refractivity contribution is 5.45. The minimum absolute atomic E-state index is 0.325. The number of hydrogen-bond acceptors (Lipinski definition) is 4. The molecule has 4 heteroatoms. The molecular formula is C12H18N2O2. The summed E-state index contributed by atoms with van der Waals surface area (Å²) in [5.41, 5.74) is 6.77. The number of nitrogens with two attached hydrogens (primary N) is 1. The molecule has 0 radical (unpaired) electrons. The van der Waals surface area contributed by atoms with Crippen molar-refractivity contribution in [3.8, 4) is 11.5 Å². The van der Waals surface area contributed by atoms with Gasteiger partial charge in [0.1, 0.15) is 0 Å². The molecule has 0 spiro atoms. The average Bonchev–Trinajstić information content (AvgIpc) is 2.75. The number of hydrogen-bond donors (Lipinski definition) is 1. The minimum atomic E-state index is 0.325. The van der Waals surface area contributed by atoms with E-state index in [1.807, 2.05) is 12.1 Å². The maximum atomic E-state index is 5.55. The van der Waals surface area contributed by atoms with E-state index in [9.17, 15) is 0 Å². The van der Waals surface area contributed by atoms with Gasteiger partial charge in [0.25, 0.3) is 0 Å². The second-order valence-electron chi connectivity index (χ2n) is 4.06. The predicted octanol–water partition coefficient (Wildman–Crippen LogP) is 1.37. The van der Waals surface area contributed by atoms with Crippen LogP contribution in [0.25, 0.3) is 0 Å². The van der Waals surface area contributed by atoms with Gasteiger partial charge in [-0.15, -0.1) is 0 Å². The molecule has 4 nitrogen and oxygen atoms in total. The summed E-state index contributed by atoms with van der Waals surface area (Å²) in [5, 5.41) is 0. The third kappa shape index (κ3) is 2.13. The summed E-state index contributed by atoms with van der Waals surface area (Å²) < 4.78 is 10.6. The van der Waals surface area contributed by atoms with E-state index in [1.165, 1.54) is 5.56 Å². The van der Waals surface area contributed by atoms with Crippen LogP contribution in [-0.2, 0) is 0 Å². The van der Waals surface area contributed by atoms with Crippen LogP contribution >= 0.6 is 0 Å². The molecule has 88 valence electrons. The molecule has 0 saturated carbocycles. The van der Waals surface area contributed by atoms with Crippen LogP contribution in [0.1, 0.15) is 18.5 Å². The summed E-state index contributed by atoms with van der Waals surface area (Å²) in [6, 6.07) is 6.41. The molecule has 1 aliphatic heterocycles. The fourth-order valence-corrected chi connectivity index (χ4v) is 1.82. The number of nitrogens with zero attached hydrogens (tertiary/aromatic N) is 1. The summed E-state index contributed by atoms with van der Waals surface area (Å²) in [7, 11) is 2.07. The van der Waals surface area contributed by atoms with Gasteiger partial charge in [0.15, 0.2) is 11.5 Å². The van der Waals surface area contributed by atoms with Crippen molar-refractivity contribution in [1.82, 2.24) is 4.90 Å². The highest BCUT2D eigenvalue weighted by atomic mass is 16.7. The first-order chi connectivity index (χ1) is 7.72. The lowest BCUT2D eigenvalue weighted by atomic mass is 10.1. The Morgan fingerprint density at radius 2 is 2.12 bits per heavy atom. The standard InChI is InChI=1S/C12H18N2O2/c1-9(14(2)6-5-13)10-3-4-11-12(7-10)16-8-15-11/h3-4,7,9H,5-6,8,13H2,1-2H3. The van der Waals surface area contributed by atoms with E-state index in [2.05, 4.69) is 24.9 Å². The molecule has 0 fully saturated rings. The van der Waals surface area contributed by atoms with Crippen molar-refractivity contribution in [1.29, 1.82) is 0 Å². The molecule has 1 heterocycles. The molecule has 0 saturated heterocycles. The SMILES string of the molecule is CC(c1ccc2c(c1)OCO2)N(C)CCN. The van der Waals surface area contributed by atoms with Gasteiger partial charge >= 0.3 is 0 Å². The molecule has 2 N–H and O–H groups in total. The van der Waals surface area contributed by atoms with Crippen LogP contribution in [0.15, 0.2) is 18.2 Å². The fraction of sp³-hybridized carbons (Fsp3) is 0.500. The van der Waals surface area contributed by atoms with Gasteiger partial charge in [-0.25, -0.2) is 0 Å². The summed E-state index contributed by atoms with van der Waals surface area (Å²) in [5.74, 6) is 1.67. The molecule has 16 heavy (non-hydrogen) atoms. The molecule has 0 aromatic heterocycles. The first kappa shape index (κ1) is 11.2. The topological polar surface area (TPSA) is 47.7 Å². The number of likely N-dealkylation sites (N-methyl/N-ethyl adjacent to an activating group) is 1. The highest BCUT2D eigenvalue weighted by Crippen LogP contribution is 2.34. The molecule has 1 atom stereocenters. The maximum absolute atomic E-state index is 5.55. The molecule has 1 unspecified atom stereocenters. The molecule has 0 bridgehead atoms. The predicted molar refractivity (Wildman–Crippen MR) is 62.7 cm³/mol. The van der Waals surface area contributed by atoms with Crippen LogP contribution in [0.4, 0.5) is 0 Å². The van der Waals surface area contributed by atoms with Gasteiger partial charge in [-0.1, -0.05) is 6.07 Å². The van der Waals surface area contributed by atoms with E-state index >= 15 is 0 Å². The zero-order valence-electron chi connectivity index (χ0n) is 9.77. The Kier molecular flexibility index (Phi) is 3.31. The van der Waals surface area contributed by atoms with Gasteiger partial charge in [0.2, 0.25) is 6.79 Å². The largest absolute Gasteiger partial charge is 0.454 e. The van der Waals surface area contributed by atoms with Crippen LogP contribution in [-0.4, -0.2) is 31.8 Å². The fourth-order valence-electron chi connectivity index (χ4n) is 1.82. The van der Waals surface area contributed by atoms with Crippen molar-refractivity contribution in [2.45, 2.75) is 13.0 Å². The summed E-state index contributed by atoms with van der Waals surface area (Å²) in [6.45, 7) is 4.04. The van der Waals surface area contributed by atoms with E-state index in [0.29, 0.717) is 19.4 Å². The zero-order chi connectivity index (χ0) is 11.5. The number of benzene rings is 1. The summed E-state index contributed by atoms with van der Waals surface area (Å²) in [4.78, 5) is 2.22. The highest BCUT2D eigenvalue weighted by Gasteiger charge is 2.17. The van der Waals surface area contributed by atoms with E-state index < -0.39 is 0 Å². The van der Waals surface area contributed by atoms with Crippen molar-refractivity contribution in [3.63, 3.8) is 0 Å². The monoisotopic (exact) mass is 222 g/mol. The quantitative estimate of drug-likeness (QED) is 0.835. The molecule has 0 amide bonds. The van der Waals surface area contributed by atoms with Gasteiger partial charge in [0, 0.05) is 19.1 Å². The molecule has 1 aromatic carbocycles. The Bertz CT molecular complexity index is 368. The van der Waals surface area contributed by atoms with Gasteiger partial charge in [0.05, 0.1) is 0 Å². The molecule has 1 aliphatic rings. The van der Waals surface area contributed by atoms with Crippen LogP contribution < -0.4 is 15.2 Å². The van der Waals surface area contributed by atoms with Gasteiger partial charge < -0.3 is 15.2 Å². The van der Waals surface area contributed by atoms with Gasteiger partial charge in [-0.3, -0.25) is 4.90 Å². The third-order valence-electron chi connectivity index (χ3n) is 3.02. The van der Waals surface area contributed by atoms with Gasteiger partial charge in [-0.05, 0) is 31.7 Å².